The van der Waals surface area contributed by atoms with E-state index in [2.05, 4.69) is 0 Å². The van der Waals surface area contributed by atoms with Gasteiger partial charge in [0, 0.05) is 12.6 Å². The molecule has 0 aromatic heterocycles. The standard InChI is InChI=1S/C17H25NO5S/c1-2-9-18(15-8-12-24(20,21)14-15)17(19)13-22-10-11-23-16-6-4-3-5-7-16/h3-7,15H,2,8-14H2,1H3. The zero-order chi connectivity index (χ0) is 17.4. The first-order valence-electron chi connectivity index (χ1n) is 8.27. The summed E-state index contributed by atoms with van der Waals surface area (Å²) in [4.78, 5) is 14.0. The molecule has 7 heteroatoms. The summed E-state index contributed by atoms with van der Waals surface area (Å²) in [6.45, 7) is 3.16. The van der Waals surface area contributed by atoms with Crippen LogP contribution in [0.5, 0.6) is 5.75 Å². The Morgan fingerprint density at radius 2 is 2.00 bits per heavy atom. The predicted octanol–water partition coefficient (Wildman–Crippen LogP) is 1.51. The highest BCUT2D eigenvalue weighted by molar-refractivity contribution is 7.91. The van der Waals surface area contributed by atoms with Crippen molar-refractivity contribution in [2.45, 2.75) is 25.8 Å². The van der Waals surface area contributed by atoms with Crippen LogP contribution in [0, 0.1) is 0 Å². The number of sulfone groups is 1. The Labute approximate surface area is 143 Å². The van der Waals surface area contributed by atoms with Crippen LogP contribution in [0.15, 0.2) is 30.3 Å². The van der Waals surface area contributed by atoms with Gasteiger partial charge in [0.25, 0.3) is 0 Å². The van der Waals surface area contributed by atoms with Crippen molar-refractivity contribution in [1.82, 2.24) is 4.90 Å². The number of carbonyl (C=O) groups is 1. The lowest BCUT2D eigenvalue weighted by molar-refractivity contribution is -0.138. The first kappa shape index (κ1) is 18.7. The first-order chi connectivity index (χ1) is 11.5. The minimum atomic E-state index is -3.01. The summed E-state index contributed by atoms with van der Waals surface area (Å²) in [7, 11) is -3.01. The van der Waals surface area contributed by atoms with Crippen molar-refractivity contribution in [3.8, 4) is 5.75 Å². The van der Waals surface area contributed by atoms with Crippen LogP contribution in [0.1, 0.15) is 19.8 Å². The molecule has 1 amide bonds. The summed E-state index contributed by atoms with van der Waals surface area (Å²) < 4.78 is 34.1. The second-order valence-electron chi connectivity index (χ2n) is 5.86. The second kappa shape index (κ2) is 9.03. The highest BCUT2D eigenvalue weighted by Gasteiger charge is 2.34. The molecule has 1 aromatic rings. The van der Waals surface area contributed by atoms with Crippen LogP contribution in [-0.4, -0.2) is 63.1 Å². The van der Waals surface area contributed by atoms with Crippen LogP contribution >= 0.6 is 0 Å². The Bertz CT molecular complexity index is 617. The van der Waals surface area contributed by atoms with Crippen molar-refractivity contribution < 1.29 is 22.7 Å². The molecule has 1 unspecified atom stereocenters. The van der Waals surface area contributed by atoms with Gasteiger partial charge in [0.2, 0.25) is 5.91 Å². The van der Waals surface area contributed by atoms with E-state index in [4.69, 9.17) is 9.47 Å². The third-order valence-electron chi connectivity index (χ3n) is 3.90. The van der Waals surface area contributed by atoms with Crippen LogP contribution in [0.2, 0.25) is 0 Å². The Balaban J connectivity index is 1.72. The Kier molecular flexibility index (Phi) is 7.05. The summed E-state index contributed by atoms with van der Waals surface area (Å²) in [5.74, 6) is 0.835. The molecule has 2 rings (SSSR count). The monoisotopic (exact) mass is 355 g/mol. The molecule has 24 heavy (non-hydrogen) atoms. The zero-order valence-corrected chi connectivity index (χ0v) is 14.8. The van der Waals surface area contributed by atoms with E-state index < -0.39 is 9.84 Å². The van der Waals surface area contributed by atoms with Gasteiger partial charge in [-0.2, -0.15) is 0 Å². The smallest absolute Gasteiger partial charge is 0.248 e. The fourth-order valence-electron chi connectivity index (χ4n) is 2.75. The lowest BCUT2D eigenvalue weighted by atomic mass is 10.2. The minimum Gasteiger partial charge on any atom is -0.491 e. The highest BCUT2D eigenvalue weighted by atomic mass is 32.2. The van der Waals surface area contributed by atoms with E-state index in [0.717, 1.165) is 12.2 Å². The van der Waals surface area contributed by atoms with Crippen LogP contribution in [-0.2, 0) is 19.4 Å². The lowest BCUT2D eigenvalue weighted by Gasteiger charge is -2.27. The number of benzene rings is 1. The van der Waals surface area contributed by atoms with Gasteiger partial charge in [-0.1, -0.05) is 25.1 Å². The SMILES string of the molecule is CCCN(C(=O)COCCOc1ccccc1)C1CCS(=O)(=O)C1. The Morgan fingerprint density at radius 3 is 2.62 bits per heavy atom. The fraction of sp³-hybridized carbons (Fsp3) is 0.588. The zero-order valence-electron chi connectivity index (χ0n) is 14.0. The third kappa shape index (κ3) is 5.79. The van der Waals surface area contributed by atoms with Crippen molar-refractivity contribution in [2.75, 3.05) is 37.9 Å². The molecule has 1 aromatic carbocycles. The summed E-state index contributed by atoms with van der Waals surface area (Å²) >= 11 is 0. The first-order valence-corrected chi connectivity index (χ1v) is 10.1. The van der Waals surface area contributed by atoms with Crippen molar-refractivity contribution >= 4 is 15.7 Å². The summed E-state index contributed by atoms with van der Waals surface area (Å²) in [6, 6.07) is 9.18. The van der Waals surface area contributed by atoms with Crippen LogP contribution in [0.4, 0.5) is 0 Å². The molecule has 1 fully saturated rings. The van der Waals surface area contributed by atoms with Crippen LogP contribution in [0.3, 0.4) is 0 Å². The number of rotatable bonds is 9. The van der Waals surface area contributed by atoms with Gasteiger partial charge in [0.05, 0.1) is 18.1 Å². The molecule has 1 aliphatic rings. The number of hydrogen-bond donors (Lipinski definition) is 0. The quantitative estimate of drug-likeness (QED) is 0.628. The van der Waals surface area contributed by atoms with E-state index in [1.165, 1.54) is 0 Å². The van der Waals surface area contributed by atoms with Crippen LogP contribution < -0.4 is 4.74 Å². The number of ether oxygens (including phenoxy) is 2. The summed E-state index contributed by atoms with van der Waals surface area (Å²) in [5.41, 5.74) is 0. The average Bonchev–Trinajstić information content (AvgIpc) is 2.92. The average molecular weight is 355 g/mol. The maximum atomic E-state index is 12.3. The minimum absolute atomic E-state index is 0.0469. The van der Waals surface area contributed by atoms with Gasteiger partial charge >= 0.3 is 0 Å². The molecule has 0 bridgehead atoms. The van der Waals surface area contributed by atoms with Gasteiger partial charge in [-0.05, 0) is 25.0 Å². The predicted molar refractivity (Wildman–Crippen MR) is 91.8 cm³/mol. The molecule has 0 aliphatic carbocycles. The molecule has 0 N–H and O–H groups in total. The molecule has 1 heterocycles. The summed E-state index contributed by atoms with van der Waals surface area (Å²) in [5, 5.41) is 0. The van der Waals surface area contributed by atoms with Gasteiger partial charge < -0.3 is 14.4 Å². The van der Waals surface area contributed by atoms with Crippen molar-refractivity contribution in [3.05, 3.63) is 30.3 Å². The van der Waals surface area contributed by atoms with Crippen molar-refractivity contribution in [2.24, 2.45) is 0 Å². The number of amides is 1. The molecular weight excluding hydrogens is 330 g/mol. The summed E-state index contributed by atoms with van der Waals surface area (Å²) in [6.07, 6.45) is 1.31. The van der Waals surface area contributed by atoms with E-state index in [9.17, 15) is 13.2 Å². The normalized spacial score (nSPS) is 19.1. The van der Waals surface area contributed by atoms with Gasteiger partial charge in [0.1, 0.15) is 19.0 Å². The number of carbonyl (C=O) groups excluding carboxylic acids is 1. The Morgan fingerprint density at radius 1 is 1.25 bits per heavy atom. The van der Waals surface area contributed by atoms with E-state index in [1.807, 2.05) is 37.3 Å². The highest BCUT2D eigenvalue weighted by Crippen LogP contribution is 2.18. The second-order valence-corrected chi connectivity index (χ2v) is 8.09. The Hall–Kier alpha value is -1.60. The molecule has 1 atom stereocenters. The molecule has 0 saturated carbocycles. The molecule has 0 radical (unpaired) electrons. The van der Waals surface area contributed by atoms with Crippen molar-refractivity contribution in [3.63, 3.8) is 0 Å². The third-order valence-corrected chi connectivity index (χ3v) is 5.65. The molecule has 1 saturated heterocycles. The van der Waals surface area contributed by atoms with Gasteiger partial charge in [-0.25, -0.2) is 8.42 Å². The topological polar surface area (TPSA) is 72.9 Å². The van der Waals surface area contributed by atoms with Gasteiger partial charge in [-0.15, -0.1) is 0 Å². The van der Waals surface area contributed by atoms with Crippen LogP contribution in [0.25, 0.3) is 0 Å². The maximum Gasteiger partial charge on any atom is 0.248 e. The molecule has 134 valence electrons. The number of nitrogens with zero attached hydrogens (tertiary/aromatic N) is 1. The number of hydrogen-bond acceptors (Lipinski definition) is 5. The molecule has 6 nitrogen and oxygen atoms in total. The van der Waals surface area contributed by atoms with Crippen molar-refractivity contribution in [1.29, 1.82) is 0 Å². The van der Waals surface area contributed by atoms with Gasteiger partial charge in [0.15, 0.2) is 9.84 Å². The van der Waals surface area contributed by atoms with E-state index in [-0.39, 0.29) is 30.1 Å². The lowest BCUT2D eigenvalue weighted by Crippen LogP contribution is -2.43. The molecule has 0 spiro atoms. The van der Waals surface area contributed by atoms with E-state index >= 15 is 0 Å². The fourth-order valence-corrected chi connectivity index (χ4v) is 4.48. The van der Waals surface area contributed by atoms with E-state index in [1.54, 1.807) is 4.90 Å². The van der Waals surface area contributed by atoms with Gasteiger partial charge in [-0.3, -0.25) is 4.79 Å². The van der Waals surface area contributed by atoms with E-state index in [0.29, 0.717) is 26.2 Å². The largest absolute Gasteiger partial charge is 0.491 e. The molecular formula is C17H25NO5S. The molecule has 1 aliphatic heterocycles. The maximum absolute atomic E-state index is 12.3. The number of para-hydroxylation sites is 1.